The second-order valence-electron chi connectivity index (χ2n) is 6.69. The van der Waals surface area contributed by atoms with Crippen LogP contribution in [-0.2, 0) is 27.3 Å². The largest absolute Gasteiger partial charge is 0.481 e. The number of ether oxygens (including phenoxy) is 1. The average Bonchev–Trinajstić information content (AvgIpc) is 3.19. The van der Waals surface area contributed by atoms with Crippen molar-refractivity contribution in [3.8, 4) is 5.75 Å². The fraction of sp³-hybridized carbons (Fsp3) is 0.350. The molecule has 0 radical (unpaired) electrons. The van der Waals surface area contributed by atoms with Crippen LogP contribution in [0.15, 0.2) is 35.7 Å². The summed E-state index contributed by atoms with van der Waals surface area (Å²) in [6.45, 7) is 2.74. The first-order chi connectivity index (χ1) is 13.9. The Labute approximate surface area is 171 Å². The van der Waals surface area contributed by atoms with Crippen LogP contribution in [0, 0.1) is 5.82 Å². The van der Waals surface area contributed by atoms with Gasteiger partial charge in [-0.3, -0.25) is 25.2 Å². The van der Waals surface area contributed by atoms with Crippen molar-refractivity contribution in [1.82, 2.24) is 15.8 Å². The molecule has 1 aliphatic rings. The molecule has 1 unspecified atom stereocenters. The molecule has 29 heavy (non-hydrogen) atoms. The zero-order valence-corrected chi connectivity index (χ0v) is 16.8. The number of rotatable bonds is 6. The van der Waals surface area contributed by atoms with Gasteiger partial charge in [0.2, 0.25) is 11.8 Å². The molecule has 0 saturated heterocycles. The molecule has 2 heterocycles. The standard InChI is InChI=1S/C20H22FN3O4S/c1-13(28-16-4-2-15(21)3-5-16)20(27)23-22-18(25)6-7-19(26)24-10-8-17-14(12-24)9-11-29-17/h2-5,9,11,13H,6-8,10,12H2,1H3,(H,22,25)(H,23,27). The van der Waals surface area contributed by atoms with Gasteiger partial charge in [0.05, 0.1) is 0 Å². The normalized spacial score (nSPS) is 13.9. The summed E-state index contributed by atoms with van der Waals surface area (Å²) in [5.41, 5.74) is 5.71. The Hall–Kier alpha value is -2.94. The van der Waals surface area contributed by atoms with E-state index < -0.39 is 23.7 Å². The van der Waals surface area contributed by atoms with Crippen molar-refractivity contribution in [3.63, 3.8) is 0 Å². The number of hydrogen-bond acceptors (Lipinski definition) is 5. The minimum atomic E-state index is -0.893. The van der Waals surface area contributed by atoms with E-state index in [0.29, 0.717) is 18.8 Å². The Balaban J connectivity index is 1.36. The third-order valence-corrected chi connectivity index (χ3v) is 5.57. The zero-order valence-electron chi connectivity index (χ0n) is 15.9. The smallest absolute Gasteiger partial charge is 0.279 e. The molecule has 7 nitrogen and oxygen atoms in total. The molecule has 2 N–H and O–H groups in total. The fourth-order valence-electron chi connectivity index (χ4n) is 2.91. The van der Waals surface area contributed by atoms with E-state index in [-0.39, 0.29) is 18.7 Å². The van der Waals surface area contributed by atoms with Gasteiger partial charge in [-0.1, -0.05) is 0 Å². The summed E-state index contributed by atoms with van der Waals surface area (Å²) >= 11 is 1.70. The van der Waals surface area contributed by atoms with E-state index in [1.165, 1.54) is 41.6 Å². The molecule has 154 valence electrons. The number of nitrogens with one attached hydrogen (secondary N) is 2. The Kier molecular flexibility index (Phi) is 6.82. The molecule has 2 aromatic rings. The fourth-order valence-corrected chi connectivity index (χ4v) is 3.80. The summed E-state index contributed by atoms with van der Waals surface area (Å²) < 4.78 is 18.3. The third kappa shape index (κ3) is 5.77. The lowest BCUT2D eigenvalue weighted by molar-refractivity contribution is -0.135. The van der Waals surface area contributed by atoms with Crippen LogP contribution in [0.5, 0.6) is 5.75 Å². The lowest BCUT2D eigenvalue weighted by Gasteiger charge is -2.27. The minimum Gasteiger partial charge on any atom is -0.481 e. The van der Waals surface area contributed by atoms with Gasteiger partial charge in [0.25, 0.3) is 5.91 Å². The Morgan fingerprint density at radius 1 is 1.17 bits per heavy atom. The number of hydrazine groups is 1. The predicted molar refractivity (Wildman–Crippen MR) is 105 cm³/mol. The van der Waals surface area contributed by atoms with E-state index in [0.717, 1.165) is 6.42 Å². The molecule has 0 saturated carbocycles. The summed E-state index contributed by atoms with van der Waals surface area (Å²) in [6, 6.07) is 7.28. The van der Waals surface area contributed by atoms with E-state index in [9.17, 15) is 18.8 Å². The number of benzene rings is 1. The van der Waals surface area contributed by atoms with Crippen LogP contribution in [0.4, 0.5) is 4.39 Å². The highest BCUT2D eigenvalue weighted by Crippen LogP contribution is 2.24. The monoisotopic (exact) mass is 419 g/mol. The van der Waals surface area contributed by atoms with Crippen molar-refractivity contribution in [2.24, 2.45) is 0 Å². The van der Waals surface area contributed by atoms with Crippen LogP contribution in [0.3, 0.4) is 0 Å². The number of thiophene rings is 1. The number of amides is 3. The Morgan fingerprint density at radius 2 is 1.93 bits per heavy atom. The molecule has 1 aromatic heterocycles. The molecule has 0 aliphatic carbocycles. The van der Waals surface area contributed by atoms with Gasteiger partial charge < -0.3 is 9.64 Å². The second-order valence-corrected chi connectivity index (χ2v) is 7.69. The van der Waals surface area contributed by atoms with Crippen molar-refractivity contribution < 1.29 is 23.5 Å². The van der Waals surface area contributed by atoms with E-state index in [2.05, 4.69) is 10.9 Å². The zero-order chi connectivity index (χ0) is 20.8. The maximum Gasteiger partial charge on any atom is 0.279 e. The average molecular weight is 419 g/mol. The van der Waals surface area contributed by atoms with E-state index >= 15 is 0 Å². The van der Waals surface area contributed by atoms with Gasteiger partial charge in [-0.2, -0.15) is 0 Å². The van der Waals surface area contributed by atoms with Gasteiger partial charge in [-0.25, -0.2) is 4.39 Å². The molecule has 1 atom stereocenters. The highest BCUT2D eigenvalue weighted by atomic mass is 32.1. The quantitative estimate of drug-likeness (QED) is 0.703. The first kappa shape index (κ1) is 20.8. The number of halogens is 1. The first-order valence-electron chi connectivity index (χ1n) is 9.26. The highest BCUT2D eigenvalue weighted by Gasteiger charge is 2.22. The second kappa shape index (κ2) is 9.51. The van der Waals surface area contributed by atoms with Crippen LogP contribution in [0.25, 0.3) is 0 Å². The molecule has 9 heteroatoms. The lowest BCUT2D eigenvalue weighted by atomic mass is 10.1. The van der Waals surface area contributed by atoms with Gasteiger partial charge in [-0.05, 0) is 54.6 Å². The lowest BCUT2D eigenvalue weighted by Crippen LogP contribution is -2.47. The highest BCUT2D eigenvalue weighted by molar-refractivity contribution is 7.10. The molecule has 1 aliphatic heterocycles. The van der Waals surface area contributed by atoms with Crippen molar-refractivity contribution >= 4 is 29.1 Å². The number of carbonyl (C=O) groups is 3. The molecule has 0 fully saturated rings. The number of carbonyl (C=O) groups excluding carboxylic acids is 3. The van der Waals surface area contributed by atoms with Gasteiger partial charge in [-0.15, -0.1) is 11.3 Å². The SMILES string of the molecule is CC(Oc1ccc(F)cc1)C(=O)NNC(=O)CCC(=O)N1CCc2sccc2C1. The topological polar surface area (TPSA) is 87.7 Å². The summed E-state index contributed by atoms with van der Waals surface area (Å²) in [7, 11) is 0. The maximum atomic E-state index is 12.9. The van der Waals surface area contributed by atoms with E-state index in [1.807, 2.05) is 11.4 Å². The molecule has 3 rings (SSSR count). The molecule has 3 amide bonds. The van der Waals surface area contributed by atoms with Crippen LogP contribution in [0.1, 0.15) is 30.2 Å². The third-order valence-electron chi connectivity index (χ3n) is 4.55. The Morgan fingerprint density at radius 3 is 2.69 bits per heavy atom. The maximum absolute atomic E-state index is 12.9. The van der Waals surface area contributed by atoms with Gasteiger partial charge in [0.1, 0.15) is 11.6 Å². The predicted octanol–water partition coefficient (Wildman–Crippen LogP) is 2.17. The van der Waals surface area contributed by atoms with Crippen molar-refractivity contribution in [2.45, 2.75) is 38.8 Å². The van der Waals surface area contributed by atoms with Gasteiger partial charge in [0.15, 0.2) is 6.10 Å². The Bertz CT molecular complexity index is 884. The van der Waals surface area contributed by atoms with E-state index in [1.54, 1.807) is 16.2 Å². The summed E-state index contributed by atoms with van der Waals surface area (Å²) in [4.78, 5) is 39.3. The molecule has 0 spiro atoms. The van der Waals surface area contributed by atoms with Gasteiger partial charge >= 0.3 is 0 Å². The minimum absolute atomic E-state index is 0.0285. The van der Waals surface area contributed by atoms with Crippen LogP contribution >= 0.6 is 11.3 Å². The molecule has 0 bridgehead atoms. The molecular formula is C20H22FN3O4S. The van der Waals surface area contributed by atoms with Crippen molar-refractivity contribution in [1.29, 1.82) is 0 Å². The number of nitrogens with zero attached hydrogens (tertiary/aromatic N) is 1. The number of hydrogen-bond donors (Lipinski definition) is 2. The van der Waals surface area contributed by atoms with Gasteiger partial charge in [0, 0.05) is 30.8 Å². The van der Waals surface area contributed by atoms with Crippen LogP contribution in [0.2, 0.25) is 0 Å². The van der Waals surface area contributed by atoms with E-state index in [4.69, 9.17) is 4.74 Å². The summed E-state index contributed by atoms with van der Waals surface area (Å²) in [5, 5.41) is 2.02. The first-order valence-corrected chi connectivity index (χ1v) is 10.1. The number of fused-ring (bicyclic) bond motifs is 1. The van der Waals surface area contributed by atoms with Crippen molar-refractivity contribution in [3.05, 3.63) is 52.0 Å². The van der Waals surface area contributed by atoms with Crippen molar-refractivity contribution in [2.75, 3.05) is 6.54 Å². The molecule has 1 aromatic carbocycles. The van der Waals surface area contributed by atoms with Crippen LogP contribution in [-0.4, -0.2) is 35.3 Å². The molecular weight excluding hydrogens is 397 g/mol. The summed E-state index contributed by atoms with van der Waals surface area (Å²) in [6.07, 6.45) is -0.00903. The van der Waals surface area contributed by atoms with Crippen LogP contribution < -0.4 is 15.6 Å². The summed E-state index contributed by atoms with van der Waals surface area (Å²) in [5.74, 6) is -1.18.